The highest BCUT2D eigenvalue weighted by molar-refractivity contribution is 5.90. The van der Waals surface area contributed by atoms with E-state index in [9.17, 15) is 9.18 Å². The summed E-state index contributed by atoms with van der Waals surface area (Å²) in [5.74, 6) is -0.0409. The molecule has 2 aromatic rings. The maximum atomic E-state index is 13.8. The number of carbonyl (C=O) groups excluding carboxylic acids is 1. The number of rotatable bonds is 4. The Labute approximate surface area is 165 Å². The minimum Gasteiger partial charge on any atom is -0.437 e. The number of anilines is 1. The fourth-order valence-corrected chi connectivity index (χ4v) is 3.46. The molecule has 1 saturated carbocycles. The first-order valence-electron chi connectivity index (χ1n) is 9.84. The number of urea groups is 1. The van der Waals surface area contributed by atoms with Crippen molar-refractivity contribution < 1.29 is 13.9 Å². The fraction of sp³-hybridized carbons (Fsp3) is 0.455. The lowest BCUT2D eigenvalue weighted by Crippen LogP contribution is -2.39. The summed E-state index contributed by atoms with van der Waals surface area (Å²) < 4.78 is 19.7. The van der Waals surface area contributed by atoms with E-state index in [0.29, 0.717) is 11.4 Å². The smallest absolute Gasteiger partial charge is 0.319 e. The number of hydrogen-bond donors (Lipinski definition) is 2. The summed E-state index contributed by atoms with van der Waals surface area (Å²) in [4.78, 5) is 16.3. The standard InChI is InChI=1S/C22H28FN3O2/c1-22(2,3)16-11-7-8-12-18(16)28-20-17(13-14-19(23)26-20)25-21(27)24-15-9-5-4-6-10-15/h7-8,11-15H,4-6,9-10H2,1-3H3,(H2,24,25,27). The molecule has 1 aliphatic carbocycles. The van der Waals surface area contributed by atoms with Crippen LogP contribution >= 0.6 is 0 Å². The van der Waals surface area contributed by atoms with Crippen molar-refractivity contribution in [2.75, 3.05) is 5.32 Å². The molecule has 150 valence electrons. The van der Waals surface area contributed by atoms with E-state index >= 15 is 0 Å². The van der Waals surface area contributed by atoms with Crippen molar-refractivity contribution in [3.63, 3.8) is 0 Å². The van der Waals surface area contributed by atoms with Crippen molar-refractivity contribution in [2.24, 2.45) is 0 Å². The Balaban J connectivity index is 1.79. The topological polar surface area (TPSA) is 63.2 Å². The Morgan fingerprint density at radius 1 is 1.11 bits per heavy atom. The lowest BCUT2D eigenvalue weighted by atomic mass is 9.86. The van der Waals surface area contributed by atoms with Crippen molar-refractivity contribution in [3.8, 4) is 11.6 Å². The molecule has 0 saturated heterocycles. The predicted molar refractivity (Wildman–Crippen MR) is 108 cm³/mol. The lowest BCUT2D eigenvalue weighted by molar-refractivity contribution is 0.244. The van der Waals surface area contributed by atoms with Gasteiger partial charge in [-0.2, -0.15) is 9.37 Å². The van der Waals surface area contributed by atoms with Gasteiger partial charge in [0.2, 0.25) is 11.8 Å². The molecule has 1 heterocycles. The summed E-state index contributed by atoms with van der Waals surface area (Å²) in [6, 6.07) is 10.1. The zero-order valence-corrected chi connectivity index (χ0v) is 16.7. The van der Waals surface area contributed by atoms with Gasteiger partial charge >= 0.3 is 6.03 Å². The number of hydrogen-bond acceptors (Lipinski definition) is 3. The molecule has 0 aliphatic heterocycles. The Morgan fingerprint density at radius 3 is 2.54 bits per heavy atom. The third-order valence-corrected chi connectivity index (χ3v) is 4.92. The molecular weight excluding hydrogens is 357 g/mol. The molecule has 2 N–H and O–H groups in total. The monoisotopic (exact) mass is 385 g/mol. The zero-order chi connectivity index (χ0) is 20.1. The van der Waals surface area contributed by atoms with Crippen LogP contribution in [0.5, 0.6) is 11.6 Å². The quantitative estimate of drug-likeness (QED) is 0.657. The summed E-state index contributed by atoms with van der Waals surface area (Å²) in [5, 5.41) is 5.74. The van der Waals surface area contributed by atoms with E-state index in [1.165, 1.54) is 18.6 Å². The average molecular weight is 385 g/mol. The van der Waals surface area contributed by atoms with Gasteiger partial charge in [-0.05, 0) is 36.5 Å². The molecule has 0 radical (unpaired) electrons. The van der Waals surface area contributed by atoms with Gasteiger partial charge in [-0.3, -0.25) is 0 Å². The first-order chi connectivity index (χ1) is 13.3. The molecule has 0 unspecified atom stereocenters. The van der Waals surface area contributed by atoms with E-state index in [-0.39, 0.29) is 23.4 Å². The van der Waals surface area contributed by atoms with Crippen LogP contribution < -0.4 is 15.4 Å². The maximum absolute atomic E-state index is 13.8. The molecule has 1 fully saturated rings. The van der Waals surface area contributed by atoms with Gasteiger partial charge in [0.05, 0.1) is 0 Å². The average Bonchev–Trinajstić information content (AvgIpc) is 2.64. The second-order valence-electron chi connectivity index (χ2n) is 8.27. The number of nitrogens with zero attached hydrogens (tertiary/aromatic N) is 1. The van der Waals surface area contributed by atoms with Gasteiger partial charge in [0, 0.05) is 11.6 Å². The van der Waals surface area contributed by atoms with Gasteiger partial charge < -0.3 is 15.4 Å². The SMILES string of the molecule is CC(C)(C)c1ccccc1Oc1nc(F)ccc1NC(=O)NC1CCCCC1. The van der Waals surface area contributed by atoms with Crippen LogP contribution in [0.1, 0.15) is 58.4 Å². The first kappa shape index (κ1) is 20.1. The number of benzene rings is 1. The van der Waals surface area contributed by atoms with Crippen molar-refractivity contribution in [1.82, 2.24) is 10.3 Å². The number of halogens is 1. The van der Waals surface area contributed by atoms with Crippen molar-refractivity contribution in [2.45, 2.75) is 64.3 Å². The third kappa shape index (κ3) is 5.21. The molecule has 0 bridgehead atoms. The van der Waals surface area contributed by atoms with E-state index in [1.807, 2.05) is 24.3 Å². The second kappa shape index (κ2) is 8.59. The van der Waals surface area contributed by atoms with Gasteiger partial charge in [-0.1, -0.05) is 58.2 Å². The first-order valence-corrected chi connectivity index (χ1v) is 9.84. The largest absolute Gasteiger partial charge is 0.437 e. The zero-order valence-electron chi connectivity index (χ0n) is 16.7. The van der Waals surface area contributed by atoms with Crippen LogP contribution in [0.4, 0.5) is 14.9 Å². The summed E-state index contributed by atoms with van der Waals surface area (Å²) in [6.07, 6.45) is 5.43. The molecule has 1 aromatic heterocycles. The molecule has 3 rings (SSSR count). The number of nitrogens with one attached hydrogen (secondary N) is 2. The van der Waals surface area contributed by atoms with Crippen LogP contribution in [0.25, 0.3) is 0 Å². The van der Waals surface area contributed by atoms with E-state index in [4.69, 9.17) is 4.74 Å². The molecule has 0 spiro atoms. The van der Waals surface area contributed by atoms with Gasteiger partial charge in [-0.15, -0.1) is 0 Å². The van der Waals surface area contributed by atoms with Gasteiger partial charge in [-0.25, -0.2) is 4.79 Å². The number of ether oxygens (including phenoxy) is 1. The molecule has 5 nitrogen and oxygen atoms in total. The van der Waals surface area contributed by atoms with Crippen molar-refractivity contribution >= 4 is 11.7 Å². The molecule has 0 atom stereocenters. The third-order valence-electron chi connectivity index (χ3n) is 4.92. The van der Waals surface area contributed by atoms with Gasteiger partial charge in [0.25, 0.3) is 0 Å². The number of carbonyl (C=O) groups is 1. The number of amides is 2. The van der Waals surface area contributed by atoms with Crippen molar-refractivity contribution in [1.29, 1.82) is 0 Å². The molecule has 6 heteroatoms. The Bertz CT molecular complexity index is 827. The number of pyridine rings is 1. The van der Waals surface area contributed by atoms with E-state index in [0.717, 1.165) is 31.2 Å². The van der Waals surface area contributed by atoms with Crippen LogP contribution in [-0.4, -0.2) is 17.1 Å². The van der Waals surface area contributed by atoms with Gasteiger partial charge in [0.15, 0.2) is 0 Å². The Hall–Kier alpha value is -2.63. The number of aromatic nitrogens is 1. The van der Waals surface area contributed by atoms with Crippen LogP contribution in [0.3, 0.4) is 0 Å². The van der Waals surface area contributed by atoms with Crippen molar-refractivity contribution in [3.05, 3.63) is 47.9 Å². The minimum absolute atomic E-state index is 0.0375. The summed E-state index contributed by atoms with van der Waals surface area (Å²) in [5.41, 5.74) is 1.15. The Kier molecular flexibility index (Phi) is 6.17. The van der Waals surface area contributed by atoms with Crippen LogP contribution in [0, 0.1) is 5.95 Å². The summed E-state index contributed by atoms with van der Waals surface area (Å²) in [7, 11) is 0. The van der Waals surface area contributed by atoms with E-state index in [2.05, 4.69) is 36.4 Å². The normalized spacial score (nSPS) is 15.1. The fourth-order valence-electron chi connectivity index (χ4n) is 3.46. The van der Waals surface area contributed by atoms with Crippen LogP contribution in [0.15, 0.2) is 36.4 Å². The lowest BCUT2D eigenvalue weighted by Gasteiger charge is -2.24. The van der Waals surface area contributed by atoms with Gasteiger partial charge in [0.1, 0.15) is 11.4 Å². The summed E-state index contributed by atoms with van der Waals surface area (Å²) in [6.45, 7) is 6.22. The van der Waals surface area contributed by atoms with E-state index in [1.54, 1.807) is 0 Å². The molecule has 2 amide bonds. The molecule has 1 aliphatic rings. The van der Waals surface area contributed by atoms with Crippen LogP contribution in [-0.2, 0) is 5.41 Å². The molecule has 1 aromatic carbocycles. The minimum atomic E-state index is -0.665. The highest BCUT2D eigenvalue weighted by Gasteiger charge is 2.21. The molecule has 28 heavy (non-hydrogen) atoms. The highest BCUT2D eigenvalue weighted by atomic mass is 19.1. The Morgan fingerprint density at radius 2 is 1.82 bits per heavy atom. The summed E-state index contributed by atoms with van der Waals surface area (Å²) >= 11 is 0. The van der Waals surface area contributed by atoms with E-state index < -0.39 is 5.95 Å². The second-order valence-corrected chi connectivity index (χ2v) is 8.27. The van der Waals surface area contributed by atoms with Crippen LogP contribution in [0.2, 0.25) is 0 Å². The maximum Gasteiger partial charge on any atom is 0.319 e. The number of para-hydroxylation sites is 1. The molecular formula is C22H28FN3O2. The predicted octanol–water partition coefficient (Wildman–Crippen LogP) is 5.76. The highest BCUT2D eigenvalue weighted by Crippen LogP contribution is 2.35.